The number of aromatic nitrogens is 4. The van der Waals surface area contributed by atoms with E-state index in [0.717, 1.165) is 23.0 Å². The van der Waals surface area contributed by atoms with Crippen LogP contribution in [0.4, 0.5) is 0 Å². The monoisotopic (exact) mass is 371 g/mol. The first-order chi connectivity index (χ1) is 12.7. The molecule has 1 aliphatic rings. The second-order valence-corrected chi connectivity index (χ2v) is 7.61. The molecule has 0 aliphatic heterocycles. The Morgan fingerprint density at radius 1 is 1.35 bits per heavy atom. The first kappa shape index (κ1) is 18.6. The fourth-order valence-electron chi connectivity index (χ4n) is 3.31. The summed E-state index contributed by atoms with van der Waals surface area (Å²) in [7, 11) is 0. The van der Waals surface area contributed by atoms with Gasteiger partial charge in [0.15, 0.2) is 11.0 Å². The predicted octanol–water partition coefficient (Wildman–Crippen LogP) is 3.31. The average molecular weight is 372 g/mol. The average Bonchev–Trinajstić information content (AvgIpc) is 3.06. The molecule has 2 heterocycles. The number of rotatable bonds is 7. The molecule has 2 atom stereocenters. The second-order valence-electron chi connectivity index (χ2n) is 6.67. The van der Waals surface area contributed by atoms with E-state index in [1.807, 2.05) is 22.8 Å². The van der Waals surface area contributed by atoms with Crippen molar-refractivity contribution in [3.63, 3.8) is 0 Å². The van der Waals surface area contributed by atoms with Crippen LogP contribution in [-0.2, 0) is 11.3 Å². The van der Waals surface area contributed by atoms with Gasteiger partial charge in [-0.3, -0.25) is 14.3 Å². The second kappa shape index (κ2) is 8.98. The Labute approximate surface area is 158 Å². The van der Waals surface area contributed by atoms with Crippen molar-refractivity contribution in [3.05, 3.63) is 37.2 Å². The molecule has 0 saturated heterocycles. The molecule has 1 amide bonds. The van der Waals surface area contributed by atoms with Gasteiger partial charge in [-0.2, -0.15) is 0 Å². The quantitative estimate of drug-likeness (QED) is 0.597. The van der Waals surface area contributed by atoms with Crippen LogP contribution in [0.1, 0.15) is 32.6 Å². The molecule has 1 fully saturated rings. The molecule has 0 radical (unpaired) electrons. The number of nitrogens with zero attached hydrogens (tertiary/aromatic N) is 4. The van der Waals surface area contributed by atoms with Crippen LogP contribution in [-0.4, -0.2) is 37.5 Å². The van der Waals surface area contributed by atoms with Gasteiger partial charge in [0.05, 0.1) is 5.75 Å². The third-order valence-electron chi connectivity index (χ3n) is 4.76. The van der Waals surface area contributed by atoms with Crippen LogP contribution in [0.25, 0.3) is 11.4 Å². The number of hydrogen-bond donors (Lipinski definition) is 1. The van der Waals surface area contributed by atoms with E-state index in [4.69, 9.17) is 0 Å². The highest BCUT2D eigenvalue weighted by molar-refractivity contribution is 7.99. The number of allylic oxidation sites excluding steroid dienone is 1. The highest BCUT2D eigenvalue weighted by Crippen LogP contribution is 2.25. The Hall–Kier alpha value is -2.15. The zero-order valence-corrected chi connectivity index (χ0v) is 15.9. The highest BCUT2D eigenvalue weighted by Gasteiger charge is 2.23. The van der Waals surface area contributed by atoms with Gasteiger partial charge in [-0.25, -0.2) is 0 Å². The fourth-order valence-corrected chi connectivity index (χ4v) is 4.07. The SMILES string of the molecule is C=CCn1c(SCC(=O)N[C@H]2CCCC[C@H]2C)nnc1-c1ccncc1. The zero-order valence-electron chi connectivity index (χ0n) is 15.1. The molecule has 1 saturated carbocycles. The summed E-state index contributed by atoms with van der Waals surface area (Å²) >= 11 is 1.41. The molecule has 0 aromatic carbocycles. The minimum Gasteiger partial charge on any atom is -0.352 e. The third-order valence-corrected chi connectivity index (χ3v) is 5.72. The van der Waals surface area contributed by atoms with Gasteiger partial charge in [-0.1, -0.05) is 37.6 Å². The number of carbonyl (C=O) groups is 1. The van der Waals surface area contributed by atoms with Gasteiger partial charge in [0.25, 0.3) is 0 Å². The van der Waals surface area contributed by atoms with Gasteiger partial charge in [-0.15, -0.1) is 16.8 Å². The number of carbonyl (C=O) groups excluding carboxylic acids is 1. The van der Waals surface area contributed by atoms with E-state index in [-0.39, 0.29) is 5.91 Å². The molecule has 1 N–H and O–H groups in total. The highest BCUT2D eigenvalue weighted by atomic mass is 32.2. The van der Waals surface area contributed by atoms with Crippen molar-refractivity contribution in [1.82, 2.24) is 25.1 Å². The van der Waals surface area contributed by atoms with Crippen LogP contribution in [0, 0.1) is 5.92 Å². The van der Waals surface area contributed by atoms with Crippen LogP contribution >= 0.6 is 11.8 Å². The summed E-state index contributed by atoms with van der Waals surface area (Å²) in [4.78, 5) is 16.4. The van der Waals surface area contributed by atoms with Crippen LogP contribution in [0.15, 0.2) is 42.3 Å². The predicted molar refractivity (Wildman–Crippen MR) is 104 cm³/mol. The lowest BCUT2D eigenvalue weighted by Gasteiger charge is -2.29. The molecule has 26 heavy (non-hydrogen) atoms. The lowest BCUT2D eigenvalue weighted by atomic mass is 9.86. The van der Waals surface area contributed by atoms with Gasteiger partial charge in [0.1, 0.15) is 0 Å². The molecule has 2 aromatic heterocycles. The Morgan fingerprint density at radius 2 is 2.12 bits per heavy atom. The molecule has 7 heteroatoms. The first-order valence-corrected chi connectivity index (χ1v) is 10.0. The van der Waals surface area contributed by atoms with Crippen LogP contribution in [0.5, 0.6) is 0 Å². The topological polar surface area (TPSA) is 72.7 Å². The number of hydrogen-bond acceptors (Lipinski definition) is 5. The van der Waals surface area contributed by atoms with Crippen LogP contribution < -0.4 is 5.32 Å². The maximum Gasteiger partial charge on any atom is 0.230 e. The summed E-state index contributed by atoms with van der Waals surface area (Å²) in [6.45, 7) is 6.63. The van der Waals surface area contributed by atoms with Crippen molar-refractivity contribution >= 4 is 17.7 Å². The smallest absolute Gasteiger partial charge is 0.230 e. The van der Waals surface area contributed by atoms with E-state index < -0.39 is 0 Å². The first-order valence-electron chi connectivity index (χ1n) is 9.05. The number of thioether (sulfide) groups is 1. The Balaban J connectivity index is 1.65. The van der Waals surface area contributed by atoms with E-state index >= 15 is 0 Å². The van der Waals surface area contributed by atoms with Gasteiger partial charge in [0.2, 0.25) is 5.91 Å². The molecular weight excluding hydrogens is 346 g/mol. The third kappa shape index (κ3) is 4.52. The molecule has 1 aliphatic carbocycles. The van der Waals surface area contributed by atoms with E-state index in [1.165, 1.54) is 31.0 Å². The van der Waals surface area contributed by atoms with Gasteiger partial charge >= 0.3 is 0 Å². The molecule has 6 nitrogen and oxygen atoms in total. The van der Waals surface area contributed by atoms with E-state index in [1.54, 1.807) is 12.4 Å². The normalized spacial score (nSPS) is 19.9. The zero-order chi connectivity index (χ0) is 18.4. The van der Waals surface area contributed by atoms with Gasteiger partial charge in [0, 0.05) is 30.5 Å². The minimum atomic E-state index is 0.0624. The largest absolute Gasteiger partial charge is 0.352 e. The van der Waals surface area contributed by atoms with Crippen molar-refractivity contribution in [2.75, 3.05) is 5.75 Å². The van der Waals surface area contributed by atoms with Crippen LogP contribution in [0.3, 0.4) is 0 Å². The standard InChI is InChI=1S/C19H25N5OS/c1-3-12-24-18(15-8-10-20-11-9-15)22-23-19(24)26-13-17(25)21-16-7-5-4-6-14(16)2/h3,8-11,14,16H,1,4-7,12-13H2,2H3,(H,21,25)/t14-,16+/m1/s1. The molecule has 138 valence electrons. The lowest BCUT2D eigenvalue weighted by Crippen LogP contribution is -2.41. The van der Waals surface area contributed by atoms with Crippen LogP contribution in [0.2, 0.25) is 0 Å². The molecule has 3 rings (SSSR count). The summed E-state index contributed by atoms with van der Waals surface area (Å²) in [5.74, 6) is 1.72. The number of amides is 1. The number of nitrogens with one attached hydrogen (secondary N) is 1. The summed E-state index contributed by atoms with van der Waals surface area (Å²) < 4.78 is 1.98. The Kier molecular flexibility index (Phi) is 6.44. The Morgan fingerprint density at radius 3 is 2.85 bits per heavy atom. The molecule has 0 unspecified atom stereocenters. The van der Waals surface area contributed by atoms with Crippen molar-refractivity contribution in [2.45, 2.75) is 50.4 Å². The molecule has 2 aromatic rings. The fraction of sp³-hybridized carbons (Fsp3) is 0.474. The molecular formula is C19H25N5OS. The summed E-state index contributed by atoms with van der Waals surface area (Å²) in [5, 5.41) is 12.5. The van der Waals surface area contributed by atoms with Crippen molar-refractivity contribution in [1.29, 1.82) is 0 Å². The molecule has 0 bridgehead atoms. The van der Waals surface area contributed by atoms with E-state index in [2.05, 4.69) is 34.0 Å². The maximum atomic E-state index is 12.4. The van der Waals surface area contributed by atoms with Crippen molar-refractivity contribution < 1.29 is 4.79 Å². The van der Waals surface area contributed by atoms with Gasteiger partial charge in [-0.05, 0) is 30.9 Å². The van der Waals surface area contributed by atoms with Crippen molar-refractivity contribution in [2.24, 2.45) is 5.92 Å². The van der Waals surface area contributed by atoms with Crippen molar-refractivity contribution in [3.8, 4) is 11.4 Å². The maximum absolute atomic E-state index is 12.4. The van der Waals surface area contributed by atoms with E-state index in [0.29, 0.717) is 24.3 Å². The summed E-state index contributed by atoms with van der Waals surface area (Å²) in [5.41, 5.74) is 0.946. The number of pyridine rings is 1. The Bertz CT molecular complexity index is 746. The van der Waals surface area contributed by atoms with E-state index in [9.17, 15) is 4.79 Å². The summed E-state index contributed by atoms with van der Waals surface area (Å²) in [6, 6.07) is 4.10. The lowest BCUT2D eigenvalue weighted by molar-refractivity contribution is -0.119. The summed E-state index contributed by atoms with van der Waals surface area (Å²) in [6.07, 6.45) is 10.0. The van der Waals surface area contributed by atoms with Gasteiger partial charge < -0.3 is 5.32 Å². The molecule has 0 spiro atoms. The minimum absolute atomic E-state index is 0.0624.